The molecular formula is C15H18N2O3S. The Hall–Kier alpha value is -1.69. The van der Waals surface area contributed by atoms with Crippen molar-refractivity contribution in [3.8, 4) is 0 Å². The number of hydrazine groups is 1. The second-order valence-corrected chi connectivity index (χ2v) is 6.86. The van der Waals surface area contributed by atoms with Crippen molar-refractivity contribution in [1.29, 1.82) is 0 Å². The highest BCUT2D eigenvalue weighted by atomic mass is 32.1. The molecule has 2 heterocycles. The highest BCUT2D eigenvalue weighted by molar-refractivity contribution is 7.10. The van der Waals surface area contributed by atoms with E-state index in [-0.39, 0.29) is 29.6 Å². The second-order valence-electron chi connectivity index (χ2n) is 5.78. The number of thiophene rings is 1. The van der Waals surface area contributed by atoms with Gasteiger partial charge in [-0.05, 0) is 32.3 Å². The zero-order valence-electron chi connectivity index (χ0n) is 12.1. The maximum absolute atomic E-state index is 12.3. The molecule has 112 valence electrons. The standard InChI is InChI=1S/C15H18N2O3S/c1-8-9(2)21-7-12(8)13(18)16-17-14(19)10-5-3-4-6-11(10)15(17)20/h7,10-11H,3-6H2,1-2H3,(H,16,18)/t10-,11+. The molecule has 5 nitrogen and oxygen atoms in total. The van der Waals surface area contributed by atoms with Crippen LogP contribution in [0.25, 0.3) is 0 Å². The molecule has 0 unspecified atom stereocenters. The monoisotopic (exact) mass is 306 g/mol. The molecule has 0 radical (unpaired) electrons. The van der Waals surface area contributed by atoms with Crippen molar-refractivity contribution in [3.05, 3.63) is 21.4 Å². The molecule has 1 saturated heterocycles. The summed E-state index contributed by atoms with van der Waals surface area (Å²) in [6.45, 7) is 3.81. The number of fused-ring (bicyclic) bond motifs is 1. The van der Waals surface area contributed by atoms with E-state index in [4.69, 9.17) is 0 Å². The summed E-state index contributed by atoms with van der Waals surface area (Å²) in [7, 11) is 0. The molecule has 2 atom stereocenters. The minimum Gasteiger partial charge on any atom is -0.272 e. The molecule has 1 N–H and O–H groups in total. The minimum atomic E-state index is -0.378. The van der Waals surface area contributed by atoms with Crippen molar-refractivity contribution < 1.29 is 14.4 Å². The summed E-state index contributed by atoms with van der Waals surface area (Å²) in [6, 6.07) is 0. The second kappa shape index (κ2) is 5.26. The molecule has 2 fully saturated rings. The van der Waals surface area contributed by atoms with Crippen LogP contribution < -0.4 is 5.43 Å². The van der Waals surface area contributed by atoms with Crippen LogP contribution in [0.2, 0.25) is 0 Å². The van der Waals surface area contributed by atoms with Crippen LogP contribution in [0, 0.1) is 25.7 Å². The Labute approximate surface area is 127 Å². The third-order valence-corrected chi connectivity index (χ3v) is 5.60. The van der Waals surface area contributed by atoms with Crippen LogP contribution in [0.4, 0.5) is 0 Å². The van der Waals surface area contributed by atoms with E-state index in [1.807, 2.05) is 13.8 Å². The Kier molecular flexibility index (Phi) is 3.57. The van der Waals surface area contributed by atoms with Crippen molar-refractivity contribution in [2.24, 2.45) is 11.8 Å². The van der Waals surface area contributed by atoms with E-state index in [0.29, 0.717) is 5.56 Å². The third-order valence-electron chi connectivity index (χ3n) is 4.58. The number of carbonyl (C=O) groups excluding carboxylic acids is 3. The number of amides is 3. The molecule has 1 saturated carbocycles. The first kappa shape index (κ1) is 14.3. The predicted molar refractivity (Wildman–Crippen MR) is 78.6 cm³/mol. The highest BCUT2D eigenvalue weighted by Crippen LogP contribution is 2.37. The quantitative estimate of drug-likeness (QED) is 0.852. The lowest BCUT2D eigenvalue weighted by molar-refractivity contribution is -0.142. The fourth-order valence-electron chi connectivity index (χ4n) is 3.17. The molecule has 0 aromatic carbocycles. The highest BCUT2D eigenvalue weighted by Gasteiger charge is 2.49. The maximum Gasteiger partial charge on any atom is 0.271 e. The van der Waals surface area contributed by atoms with E-state index in [1.54, 1.807) is 5.38 Å². The normalized spacial score (nSPS) is 25.1. The molecule has 0 bridgehead atoms. The van der Waals surface area contributed by atoms with Gasteiger partial charge in [-0.15, -0.1) is 11.3 Å². The van der Waals surface area contributed by atoms with Gasteiger partial charge in [-0.3, -0.25) is 19.8 Å². The van der Waals surface area contributed by atoms with Gasteiger partial charge in [-0.1, -0.05) is 12.8 Å². The van der Waals surface area contributed by atoms with E-state index in [1.165, 1.54) is 11.3 Å². The van der Waals surface area contributed by atoms with Crippen LogP contribution in [-0.4, -0.2) is 22.7 Å². The van der Waals surface area contributed by atoms with E-state index < -0.39 is 0 Å². The van der Waals surface area contributed by atoms with Crippen LogP contribution in [0.3, 0.4) is 0 Å². The summed E-state index contributed by atoms with van der Waals surface area (Å²) < 4.78 is 0. The van der Waals surface area contributed by atoms with Crippen molar-refractivity contribution in [1.82, 2.24) is 10.4 Å². The van der Waals surface area contributed by atoms with Crippen LogP contribution >= 0.6 is 11.3 Å². The van der Waals surface area contributed by atoms with Gasteiger partial charge in [0.25, 0.3) is 17.7 Å². The van der Waals surface area contributed by atoms with Gasteiger partial charge in [0.15, 0.2) is 0 Å². The molecule has 1 aromatic rings. The van der Waals surface area contributed by atoms with E-state index in [9.17, 15) is 14.4 Å². The van der Waals surface area contributed by atoms with Crippen molar-refractivity contribution >= 4 is 29.1 Å². The van der Waals surface area contributed by atoms with Crippen LogP contribution in [0.1, 0.15) is 46.5 Å². The summed E-state index contributed by atoms with van der Waals surface area (Å²) in [5, 5.41) is 2.72. The molecule has 21 heavy (non-hydrogen) atoms. The van der Waals surface area contributed by atoms with Crippen molar-refractivity contribution in [2.75, 3.05) is 0 Å². The molecular weight excluding hydrogens is 288 g/mol. The summed E-state index contributed by atoms with van der Waals surface area (Å²) in [6.07, 6.45) is 3.45. The average Bonchev–Trinajstić information content (AvgIpc) is 2.93. The number of nitrogens with zero attached hydrogens (tertiary/aromatic N) is 1. The molecule has 0 spiro atoms. The largest absolute Gasteiger partial charge is 0.272 e. The number of rotatable bonds is 2. The maximum atomic E-state index is 12.3. The first-order valence-electron chi connectivity index (χ1n) is 7.24. The smallest absolute Gasteiger partial charge is 0.271 e. The van der Waals surface area contributed by atoms with Crippen molar-refractivity contribution in [3.63, 3.8) is 0 Å². The summed E-state index contributed by atoms with van der Waals surface area (Å²) >= 11 is 1.49. The number of nitrogens with one attached hydrogen (secondary N) is 1. The fourth-order valence-corrected chi connectivity index (χ4v) is 4.04. The average molecular weight is 306 g/mol. The minimum absolute atomic E-state index is 0.239. The number of carbonyl (C=O) groups is 3. The molecule has 3 amide bonds. The fraction of sp³-hybridized carbons (Fsp3) is 0.533. The lowest BCUT2D eigenvalue weighted by Crippen LogP contribution is -2.46. The SMILES string of the molecule is Cc1scc(C(=O)NN2C(=O)[C@H]3CCCC[C@H]3C2=O)c1C. The zero-order valence-corrected chi connectivity index (χ0v) is 13.0. The van der Waals surface area contributed by atoms with Crippen LogP contribution in [-0.2, 0) is 9.59 Å². The number of hydrogen-bond acceptors (Lipinski definition) is 4. The lowest BCUT2D eigenvalue weighted by Gasteiger charge is -2.19. The van der Waals surface area contributed by atoms with Crippen molar-refractivity contribution in [2.45, 2.75) is 39.5 Å². The first-order valence-corrected chi connectivity index (χ1v) is 8.12. The Morgan fingerprint density at radius 2 is 1.76 bits per heavy atom. The Bertz CT molecular complexity index is 598. The lowest BCUT2D eigenvalue weighted by atomic mass is 9.81. The van der Waals surface area contributed by atoms with E-state index >= 15 is 0 Å². The van der Waals surface area contributed by atoms with Gasteiger partial charge in [-0.25, -0.2) is 0 Å². The molecule has 2 aliphatic rings. The Morgan fingerprint density at radius 3 is 2.24 bits per heavy atom. The summed E-state index contributed by atoms with van der Waals surface area (Å²) in [5.74, 6) is -1.35. The topological polar surface area (TPSA) is 66.5 Å². The summed E-state index contributed by atoms with van der Waals surface area (Å²) in [5.41, 5.74) is 3.94. The predicted octanol–water partition coefficient (Wildman–Crippen LogP) is 2.18. The summed E-state index contributed by atoms with van der Waals surface area (Å²) in [4.78, 5) is 37.9. The van der Waals surface area contributed by atoms with Gasteiger partial charge in [0.2, 0.25) is 0 Å². The molecule has 3 rings (SSSR count). The van der Waals surface area contributed by atoms with Gasteiger partial charge in [0.1, 0.15) is 0 Å². The van der Waals surface area contributed by atoms with E-state index in [0.717, 1.165) is 41.1 Å². The van der Waals surface area contributed by atoms with Gasteiger partial charge in [-0.2, -0.15) is 5.01 Å². The number of aryl methyl sites for hydroxylation is 1. The van der Waals surface area contributed by atoms with Crippen LogP contribution in [0.5, 0.6) is 0 Å². The van der Waals surface area contributed by atoms with Gasteiger partial charge in [0.05, 0.1) is 17.4 Å². The molecule has 6 heteroatoms. The number of imide groups is 1. The number of hydrogen-bond donors (Lipinski definition) is 1. The van der Waals surface area contributed by atoms with Gasteiger partial charge >= 0.3 is 0 Å². The van der Waals surface area contributed by atoms with Gasteiger partial charge < -0.3 is 0 Å². The first-order chi connectivity index (χ1) is 10.0. The molecule has 1 aromatic heterocycles. The Morgan fingerprint density at radius 1 is 1.19 bits per heavy atom. The van der Waals surface area contributed by atoms with E-state index in [2.05, 4.69) is 5.43 Å². The third kappa shape index (κ3) is 2.27. The molecule has 1 aliphatic heterocycles. The van der Waals surface area contributed by atoms with Gasteiger partial charge in [0, 0.05) is 10.3 Å². The molecule has 1 aliphatic carbocycles. The Balaban J connectivity index is 1.78. The van der Waals surface area contributed by atoms with Crippen LogP contribution in [0.15, 0.2) is 5.38 Å². The zero-order chi connectivity index (χ0) is 15.1.